The van der Waals surface area contributed by atoms with E-state index in [2.05, 4.69) is 18.1 Å². The average Bonchev–Trinajstić information content (AvgIpc) is 2.46. The number of halogens is 1. The van der Waals surface area contributed by atoms with Crippen LogP contribution in [0.4, 0.5) is 4.39 Å². The zero-order valence-electron chi connectivity index (χ0n) is 12.5. The maximum Gasteiger partial charge on any atom is 0.128 e. The summed E-state index contributed by atoms with van der Waals surface area (Å²) < 4.78 is 14.1. The van der Waals surface area contributed by atoms with Gasteiger partial charge in [0.05, 0.1) is 5.54 Å². The first kappa shape index (κ1) is 16.6. The van der Waals surface area contributed by atoms with Gasteiger partial charge in [-0.3, -0.25) is 4.90 Å². The van der Waals surface area contributed by atoms with Gasteiger partial charge in [-0.1, -0.05) is 37.3 Å². The number of rotatable bonds is 8. The van der Waals surface area contributed by atoms with Crippen molar-refractivity contribution in [2.45, 2.75) is 31.8 Å². The van der Waals surface area contributed by atoms with Gasteiger partial charge in [-0.05, 0) is 19.4 Å². The molecule has 0 radical (unpaired) electrons. The molecule has 0 heterocycles. The van der Waals surface area contributed by atoms with Crippen LogP contribution < -0.4 is 5.73 Å². The zero-order valence-corrected chi connectivity index (χ0v) is 12.5. The van der Waals surface area contributed by atoms with Gasteiger partial charge >= 0.3 is 0 Å². The highest BCUT2D eigenvalue weighted by Crippen LogP contribution is 2.31. The molecule has 0 fully saturated rings. The molecule has 0 saturated carbocycles. The van der Waals surface area contributed by atoms with Crippen LogP contribution in [0, 0.1) is 5.82 Å². The summed E-state index contributed by atoms with van der Waals surface area (Å²) in [5.41, 5.74) is 6.40. The van der Waals surface area contributed by atoms with E-state index in [0.29, 0.717) is 25.1 Å². The topological polar surface area (TPSA) is 29.3 Å². The van der Waals surface area contributed by atoms with Crippen LogP contribution in [0.3, 0.4) is 0 Å². The van der Waals surface area contributed by atoms with E-state index in [-0.39, 0.29) is 11.9 Å². The van der Waals surface area contributed by atoms with Gasteiger partial charge in [0.2, 0.25) is 0 Å². The van der Waals surface area contributed by atoms with Crippen molar-refractivity contribution in [1.29, 1.82) is 0 Å². The first-order valence-corrected chi connectivity index (χ1v) is 7.01. The van der Waals surface area contributed by atoms with E-state index in [4.69, 9.17) is 5.73 Å². The molecular weight excluding hydrogens is 251 g/mol. The number of hydrogen-bond donors (Lipinski definition) is 1. The highest BCUT2D eigenvalue weighted by molar-refractivity contribution is 5.28. The van der Waals surface area contributed by atoms with E-state index in [1.54, 1.807) is 12.1 Å². The summed E-state index contributed by atoms with van der Waals surface area (Å²) in [6.07, 6.45) is 4.31. The molecule has 110 valence electrons. The number of hydrogen-bond acceptors (Lipinski definition) is 2. The maximum atomic E-state index is 14.1. The molecule has 0 aromatic heterocycles. The Hall–Kier alpha value is -1.45. The Labute approximate surface area is 121 Å². The molecule has 0 spiro atoms. The molecule has 0 amide bonds. The molecule has 0 saturated heterocycles. The van der Waals surface area contributed by atoms with Crippen LogP contribution in [0.15, 0.2) is 49.6 Å². The highest BCUT2D eigenvalue weighted by Gasteiger charge is 2.36. The second-order valence-electron chi connectivity index (χ2n) is 5.08. The van der Waals surface area contributed by atoms with Gasteiger partial charge in [0.1, 0.15) is 5.82 Å². The summed E-state index contributed by atoms with van der Waals surface area (Å²) in [5.74, 6) is -0.249. The van der Waals surface area contributed by atoms with Gasteiger partial charge in [0.15, 0.2) is 0 Å². The third-order valence-electron chi connectivity index (χ3n) is 3.98. The smallest absolute Gasteiger partial charge is 0.128 e. The fourth-order valence-corrected chi connectivity index (χ4v) is 2.60. The molecule has 1 aromatic carbocycles. The Balaban J connectivity index is 3.17. The lowest BCUT2D eigenvalue weighted by Crippen LogP contribution is -2.55. The number of benzene rings is 1. The summed E-state index contributed by atoms with van der Waals surface area (Å²) in [6, 6.07) is 6.72. The van der Waals surface area contributed by atoms with Crippen LogP contribution in [-0.4, -0.2) is 24.0 Å². The number of nitrogens with zero attached hydrogens (tertiary/aromatic N) is 1. The Morgan fingerprint density at radius 1 is 1.30 bits per heavy atom. The summed E-state index contributed by atoms with van der Waals surface area (Å²) in [7, 11) is 0. The molecular formula is C17H25FN2. The molecule has 2 unspecified atom stereocenters. The van der Waals surface area contributed by atoms with Gasteiger partial charge in [-0.15, -0.1) is 13.2 Å². The molecule has 1 aromatic rings. The quantitative estimate of drug-likeness (QED) is 0.737. The molecule has 0 aliphatic rings. The second kappa shape index (κ2) is 7.36. The van der Waals surface area contributed by atoms with E-state index in [1.165, 1.54) is 6.07 Å². The van der Waals surface area contributed by atoms with Crippen LogP contribution in [0.25, 0.3) is 0 Å². The molecule has 2 N–H and O–H groups in total. The van der Waals surface area contributed by atoms with Crippen LogP contribution in [0.2, 0.25) is 0 Å². The third-order valence-corrected chi connectivity index (χ3v) is 3.98. The second-order valence-corrected chi connectivity index (χ2v) is 5.08. The van der Waals surface area contributed by atoms with E-state index in [1.807, 2.05) is 32.1 Å². The summed E-state index contributed by atoms with van der Waals surface area (Å²) >= 11 is 0. The minimum Gasteiger partial charge on any atom is -0.320 e. The van der Waals surface area contributed by atoms with E-state index in [9.17, 15) is 4.39 Å². The van der Waals surface area contributed by atoms with Crippen LogP contribution in [0.5, 0.6) is 0 Å². The molecule has 0 aliphatic heterocycles. The van der Waals surface area contributed by atoms with Crippen molar-refractivity contribution in [3.8, 4) is 0 Å². The lowest BCUT2D eigenvalue weighted by atomic mass is 9.81. The van der Waals surface area contributed by atoms with Crippen LogP contribution in [0.1, 0.15) is 25.8 Å². The van der Waals surface area contributed by atoms with Crippen molar-refractivity contribution in [3.63, 3.8) is 0 Å². The SMILES string of the molecule is C=CCN(CC=C)C(C)C(N)(CC)c1ccccc1F. The first-order valence-electron chi connectivity index (χ1n) is 7.01. The lowest BCUT2D eigenvalue weighted by molar-refractivity contribution is 0.151. The van der Waals surface area contributed by atoms with Crippen molar-refractivity contribution >= 4 is 0 Å². The molecule has 2 atom stereocenters. The lowest BCUT2D eigenvalue weighted by Gasteiger charge is -2.41. The third kappa shape index (κ3) is 3.35. The van der Waals surface area contributed by atoms with Crippen molar-refractivity contribution in [3.05, 3.63) is 61.0 Å². The Morgan fingerprint density at radius 3 is 2.30 bits per heavy atom. The fraction of sp³-hybridized carbons (Fsp3) is 0.412. The van der Waals surface area contributed by atoms with Gasteiger partial charge in [0, 0.05) is 24.7 Å². The fourth-order valence-electron chi connectivity index (χ4n) is 2.60. The Morgan fingerprint density at radius 2 is 1.85 bits per heavy atom. The summed E-state index contributed by atoms with van der Waals surface area (Å²) in [6.45, 7) is 13.0. The Kier molecular flexibility index (Phi) is 6.11. The molecule has 2 nitrogen and oxygen atoms in total. The van der Waals surface area contributed by atoms with Crippen molar-refractivity contribution in [1.82, 2.24) is 4.90 Å². The highest BCUT2D eigenvalue weighted by atomic mass is 19.1. The average molecular weight is 276 g/mol. The van der Waals surface area contributed by atoms with Gasteiger partial charge in [-0.25, -0.2) is 4.39 Å². The van der Waals surface area contributed by atoms with Crippen LogP contribution in [-0.2, 0) is 5.54 Å². The summed E-state index contributed by atoms with van der Waals surface area (Å²) in [4.78, 5) is 2.15. The standard InChI is InChI=1S/C17H25FN2/c1-5-12-20(13-6-2)14(4)17(19,7-3)15-10-8-9-11-16(15)18/h5-6,8-11,14H,1-2,7,12-13,19H2,3-4H3. The van der Waals surface area contributed by atoms with E-state index >= 15 is 0 Å². The molecule has 0 aliphatic carbocycles. The predicted molar refractivity (Wildman–Crippen MR) is 84.0 cm³/mol. The van der Waals surface area contributed by atoms with E-state index < -0.39 is 5.54 Å². The Bertz CT molecular complexity index is 448. The van der Waals surface area contributed by atoms with Crippen molar-refractivity contribution < 1.29 is 4.39 Å². The summed E-state index contributed by atoms with van der Waals surface area (Å²) in [5, 5.41) is 0. The van der Waals surface area contributed by atoms with Gasteiger partial charge in [-0.2, -0.15) is 0 Å². The van der Waals surface area contributed by atoms with Gasteiger partial charge in [0.25, 0.3) is 0 Å². The zero-order chi connectivity index (χ0) is 15.2. The predicted octanol–water partition coefficient (Wildman–Crippen LogP) is 3.45. The monoisotopic (exact) mass is 276 g/mol. The van der Waals surface area contributed by atoms with Crippen molar-refractivity contribution in [2.24, 2.45) is 5.73 Å². The normalized spacial score (nSPS) is 15.7. The minimum absolute atomic E-state index is 0.0274. The minimum atomic E-state index is -0.739. The van der Waals surface area contributed by atoms with E-state index in [0.717, 1.165) is 0 Å². The molecule has 20 heavy (non-hydrogen) atoms. The number of nitrogens with two attached hydrogens (primary N) is 1. The molecule has 0 bridgehead atoms. The largest absolute Gasteiger partial charge is 0.320 e. The van der Waals surface area contributed by atoms with Gasteiger partial charge < -0.3 is 5.73 Å². The first-order chi connectivity index (χ1) is 9.51. The van der Waals surface area contributed by atoms with Crippen LogP contribution >= 0.6 is 0 Å². The molecule has 3 heteroatoms. The maximum absolute atomic E-state index is 14.1. The molecule has 1 rings (SSSR count). The van der Waals surface area contributed by atoms with Crippen molar-refractivity contribution in [2.75, 3.05) is 13.1 Å².